The van der Waals surface area contributed by atoms with Gasteiger partial charge in [0, 0.05) is 36.1 Å². The van der Waals surface area contributed by atoms with Crippen molar-refractivity contribution in [2.24, 2.45) is 7.05 Å². The van der Waals surface area contributed by atoms with E-state index in [9.17, 15) is 18.0 Å². The average Bonchev–Trinajstić information content (AvgIpc) is 3.24. The van der Waals surface area contributed by atoms with Crippen LogP contribution in [0.5, 0.6) is 0 Å². The molecule has 7 nitrogen and oxygen atoms in total. The Morgan fingerprint density at radius 1 is 1.03 bits per heavy atom. The molecule has 1 unspecified atom stereocenters. The van der Waals surface area contributed by atoms with Crippen LogP contribution >= 0.6 is 0 Å². The van der Waals surface area contributed by atoms with Crippen molar-refractivity contribution in [3.05, 3.63) is 83.6 Å². The number of hydrogen-bond acceptors (Lipinski definition) is 5. The van der Waals surface area contributed by atoms with Crippen LogP contribution in [0.15, 0.2) is 61.2 Å². The summed E-state index contributed by atoms with van der Waals surface area (Å²) in [5, 5.41) is 10.8. The highest BCUT2D eigenvalue weighted by molar-refractivity contribution is 5.97. The highest BCUT2D eigenvalue weighted by Crippen LogP contribution is 2.29. The number of benzene rings is 1. The molecule has 3 heterocycles. The molecule has 0 saturated carbocycles. The molecule has 0 spiro atoms. The third kappa shape index (κ3) is 4.95. The third-order valence-electron chi connectivity index (χ3n) is 5.28. The average molecular weight is 466 g/mol. The first kappa shape index (κ1) is 23.1. The second-order valence-electron chi connectivity index (χ2n) is 7.95. The quantitative estimate of drug-likeness (QED) is 0.459. The standard InChI is InChI=1S/C24H21F3N6O/c1-14-4-6-21(28-11-14)16-8-17(22-32-30-13-33(22)3)10-18(9-16)23(34)31-15(2)20-7-5-19(12-29-20)24(25,26)27/h4-13,15H,1-3H3,(H,31,34). The smallest absolute Gasteiger partial charge is 0.344 e. The van der Waals surface area contributed by atoms with Crippen molar-refractivity contribution in [2.75, 3.05) is 0 Å². The molecule has 0 aliphatic rings. The number of halogens is 3. The highest BCUT2D eigenvalue weighted by Gasteiger charge is 2.31. The molecule has 0 aliphatic heterocycles. The van der Waals surface area contributed by atoms with Gasteiger partial charge >= 0.3 is 6.18 Å². The van der Waals surface area contributed by atoms with Gasteiger partial charge in [-0.1, -0.05) is 6.07 Å². The van der Waals surface area contributed by atoms with Crippen LogP contribution in [0.4, 0.5) is 13.2 Å². The molecule has 1 amide bonds. The zero-order chi connectivity index (χ0) is 24.5. The van der Waals surface area contributed by atoms with E-state index >= 15 is 0 Å². The molecule has 1 aromatic carbocycles. The summed E-state index contributed by atoms with van der Waals surface area (Å²) in [6.07, 6.45) is -0.417. The number of nitrogens with zero attached hydrogens (tertiary/aromatic N) is 5. The van der Waals surface area contributed by atoms with Gasteiger partial charge in [-0.3, -0.25) is 14.8 Å². The van der Waals surface area contributed by atoms with E-state index in [0.717, 1.165) is 17.8 Å². The lowest BCUT2D eigenvalue weighted by molar-refractivity contribution is -0.137. The molecule has 0 saturated heterocycles. The fourth-order valence-corrected chi connectivity index (χ4v) is 3.40. The van der Waals surface area contributed by atoms with Crippen LogP contribution < -0.4 is 5.32 Å². The summed E-state index contributed by atoms with van der Waals surface area (Å²) in [6.45, 7) is 3.59. The van der Waals surface area contributed by atoms with Gasteiger partial charge in [-0.15, -0.1) is 10.2 Å². The Morgan fingerprint density at radius 3 is 2.38 bits per heavy atom. The second-order valence-corrected chi connectivity index (χ2v) is 7.95. The number of aromatic nitrogens is 5. The lowest BCUT2D eigenvalue weighted by Gasteiger charge is -2.16. The Morgan fingerprint density at radius 2 is 1.79 bits per heavy atom. The van der Waals surface area contributed by atoms with Gasteiger partial charge in [0.1, 0.15) is 6.33 Å². The molecule has 34 heavy (non-hydrogen) atoms. The van der Waals surface area contributed by atoms with Gasteiger partial charge < -0.3 is 9.88 Å². The molecule has 174 valence electrons. The maximum absolute atomic E-state index is 13.1. The first-order valence-electron chi connectivity index (χ1n) is 10.4. The normalized spacial score (nSPS) is 12.4. The van der Waals surface area contributed by atoms with Crippen LogP contribution in [0.1, 0.15) is 40.1 Å². The minimum Gasteiger partial charge on any atom is -0.344 e. The predicted octanol–water partition coefficient (Wildman–Crippen LogP) is 4.76. The van der Waals surface area contributed by atoms with Crippen molar-refractivity contribution in [3.63, 3.8) is 0 Å². The Balaban J connectivity index is 1.65. The minimum absolute atomic E-state index is 0.311. The molecular weight excluding hydrogens is 445 g/mol. The number of hydrogen-bond donors (Lipinski definition) is 1. The van der Waals surface area contributed by atoms with E-state index in [1.807, 2.05) is 25.1 Å². The summed E-state index contributed by atoms with van der Waals surface area (Å²) in [4.78, 5) is 21.4. The van der Waals surface area contributed by atoms with Crippen molar-refractivity contribution >= 4 is 5.91 Å². The second kappa shape index (κ2) is 9.05. The molecular formula is C24H21F3N6O. The molecule has 0 bridgehead atoms. The maximum atomic E-state index is 13.1. The number of aryl methyl sites for hydroxylation is 2. The molecule has 4 aromatic rings. The van der Waals surface area contributed by atoms with Gasteiger partial charge in [0.05, 0.1) is 23.0 Å². The largest absolute Gasteiger partial charge is 0.417 e. The topological polar surface area (TPSA) is 85.6 Å². The summed E-state index contributed by atoms with van der Waals surface area (Å²) in [5.41, 5.74) is 2.88. The number of carbonyl (C=O) groups excluding carboxylic acids is 1. The van der Waals surface area contributed by atoms with Crippen LogP contribution in [-0.2, 0) is 13.2 Å². The number of amides is 1. The number of alkyl halides is 3. The zero-order valence-corrected chi connectivity index (χ0v) is 18.6. The van der Waals surface area contributed by atoms with Gasteiger partial charge in [-0.25, -0.2) is 0 Å². The lowest BCUT2D eigenvalue weighted by atomic mass is 10.0. The molecule has 0 fully saturated rings. The van der Waals surface area contributed by atoms with E-state index < -0.39 is 23.7 Å². The summed E-state index contributed by atoms with van der Waals surface area (Å²) in [7, 11) is 1.80. The molecule has 10 heteroatoms. The first-order chi connectivity index (χ1) is 16.1. The van der Waals surface area contributed by atoms with Crippen LogP contribution in [0.3, 0.4) is 0 Å². The molecule has 3 aromatic heterocycles. The van der Waals surface area contributed by atoms with Crippen molar-refractivity contribution in [3.8, 4) is 22.6 Å². The Bertz CT molecular complexity index is 1310. The van der Waals surface area contributed by atoms with Crippen molar-refractivity contribution in [2.45, 2.75) is 26.1 Å². The monoisotopic (exact) mass is 466 g/mol. The van der Waals surface area contributed by atoms with Gasteiger partial charge in [-0.2, -0.15) is 13.2 Å². The van der Waals surface area contributed by atoms with Crippen molar-refractivity contribution in [1.82, 2.24) is 30.0 Å². The number of nitrogens with one attached hydrogen (secondary N) is 1. The third-order valence-corrected chi connectivity index (χ3v) is 5.28. The SMILES string of the molecule is Cc1ccc(-c2cc(C(=O)NC(C)c3ccc(C(F)(F)F)cn3)cc(-c3nncn3C)c2)nc1. The van der Waals surface area contributed by atoms with E-state index in [-0.39, 0.29) is 0 Å². The van der Waals surface area contributed by atoms with Gasteiger partial charge in [0.2, 0.25) is 0 Å². The fraction of sp³-hybridized carbons (Fsp3) is 0.208. The molecule has 1 N–H and O–H groups in total. The fourth-order valence-electron chi connectivity index (χ4n) is 3.40. The predicted molar refractivity (Wildman–Crippen MR) is 120 cm³/mol. The van der Waals surface area contributed by atoms with Gasteiger partial charge in [-0.05, 0) is 55.8 Å². The van der Waals surface area contributed by atoms with E-state index in [1.165, 1.54) is 6.07 Å². The Hall–Kier alpha value is -4.08. The Kier molecular flexibility index (Phi) is 6.14. The highest BCUT2D eigenvalue weighted by atomic mass is 19.4. The minimum atomic E-state index is -4.47. The zero-order valence-electron chi connectivity index (χ0n) is 18.6. The van der Waals surface area contributed by atoms with Crippen molar-refractivity contribution < 1.29 is 18.0 Å². The number of carbonyl (C=O) groups is 1. The molecule has 4 rings (SSSR count). The van der Waals surface area contributed by atoms with Gasteiger partial charge in [0.25, 0.3) is 5.91 Å². The first-order valence-corrected chi connectivity index (χ1v) is 10.4. The Labute approximate surface area is 193 Å². The van der Waals surface area contributed by atoms with Crippen LogP contribution in [0, 0.1) is 6.92 Å². The summed E-state index contributed by atoms with van der Waals surface area (Å²) < 4.78 is 40.2. The van der Waals surface area contributed by atoms with E-state index in [0.29, 0.717) is 33.9 Å². The summed E-state index contributed by atoms with van der Waals surface area (Å²) in [5.74, 6) is 0.159. The van der Waals surface area contributed by atoms with E-state index in [1.54, 1.807) is 43.2 Å². The maximum Gasteiger partial charge on any atom is 0.417 e. The van der Waals surface area contributed by atoms with Gasteiger partial charge in [0.15, 0.2) is 5.82 Å². The van der Waals surface area contributed by atoms with E-state index in [4.69, 9.17) is 0 Å². The number of pyridine rings is 2. The lowest BCUT2D eigenvalue weighted by Crippen LogP contribution is -2.27. The molecule has 1 atom stereocenters. The van der Waals surface area contributed by atoms with Crippen molar-refractivity contribution in [1.29, 1.82) is 0 Å². The van der Waals surface area contributed by atoms with Crippen LogP contribution in [0.2, 0.25) is 0 Å². The van der Waals surface area contributed by atoms with Crippen LogP contribution in [0.25, 0.3) is 22.6 Å². The molecule has 0 radical (unpaired) electrons. The number of rotatable bonds is 5. The van der Waals surface area contributed by atoms with Crippen LogP contribution in [-0.4, -0.2) is 30.6 Å². The van der Waals surface area contributed by atoms with E-state index in [2.05, 4.69) is 25.5 Å². The molecule has 0 aliphatic carbocycles. The summed E-state index contributed by atoms with van der Waals surface area (Å²) in [6, 6.07) is 10.6. The summed E-state index contributed by atoms with van der Waals surface area (Å²) >= 11 is 0.